The molecule has 3 rings (SSSR count). The van der Waals surface area contributed by atoms with Crippen LogP contribution in [0.3, 0.4) is 0 Å². The predicted molar refractivity (Wildman–Crippen MR) is 105 cm³/mol. The molecule has 0 atom stereocenters. The summed E-state index contributed by atoms with van der Waals surface area (Å²) in [4.78, 5) is 16.4. The first-order valence-corrected chi connectivity index (χ1v) is 8.88. The summed E-state index contributed by atoms with van der Waals surface area (Å²) in [5.41, 5.74) is 4.52. The van der Waals surface area contributed by atoms with Gasteiger partial charge in [0.15, 0.2) is 0 Å². The van der Waals surface area contributed by atoms with Gasteiger partial charge in [-0.25, -0.2) is 9.37 Å². The molecule has 2 aromatic carbocycles. The fraction of sp³-hybridized carbons (Fsp3) is 0.182. The van der Waals surface area contributed by atoms with E-state index in [1.807, 2.05) is 37.3 Å². The summed E-state index contributed by atoms with van der Waals surface area (Å²) in [6.07, 6.45) is 2.42. The van der Waals surface area contributed by atoms with Crippen molar-refractivity contribution in [2.24, 2.45) is 0 Å². The molecule has 0 spiro atoms. The van der Waals surface area contributed by atoms with E-state index in [2.05, 4.69) is 15.6 Å². The van der Waals surface area contributed by atoms with Crippen molar-refractivity contribution in [1.29, 1.82) is 0 Å². The Morgan fingerprint density at radius 3 is 2.33 bits per heavy atom. The van der Waals surface area contributed by atoms with E-state index in [1.54, 1.807) is 24.4 Å². The number of nitrogens with zero attached hydrogens (tertiary/aromatic N) is 1. The SMILES string of the molecule is Cc1ccc(CNC(=O)c2ccc(NCCc3ccc(F)cc3)cn2)cc1. The zero-order chi connectivity index (χ0) is 19.1. The number of hydrogen-bond acceptors (Lipinski definition) is 3. The van der Waals surface area contributed by atoms with E-state index in [0.29, 0.717) is 18.8 Å². The quantitative estimate of drug-likeness (QED) is 0.664. The molecule has 0 radical (unpaired) electrons. The van der Waals surface area contributed by atoms with Crippen LogP contribution in [0.25, 0.3) is 0 Å². The number of aromatic nitrogens is 1. The smallest absolute Gasteiger partial charge is 0.270 e. The zero-order valence-corrected chi connectivity index (χ0v) is 15.2. The second-order valence-corrected chi connectivity index (χ2v) is 6.40. The van der Waals surface area contributed by atoms with Gasteiger partial charge in [0.1, 0.15) is 11.5 Å². The van der Waals surface area contributed by atoms with Crippen molar-refractivity contribution in [3.8, 4) is 0 Å². The predicted octanol–water partition coefficient (Wildman–Crippen LogP) is 4.11. The number of hydrogen-bond donors (Lipinski definition) is 2. The van der Waals surface area contributed by atoms with Gasteiger partial charge < -0.3 is 10.6 Å². The van der Waals surface area contributed by atoms with E-state index in [4.69, 9.17) is 0 Å². The third-order valence-electron chi connectivity index (χ3n) is 4.23. The molecule has 27 heavy (non-hydrogen) atoms. The van der Waals surface area contributed by atoms with E-state index >= 15 is 0 Å². The first kappa shape index (κ1) is 18.6. The molecule has 0 unspecified atom stereocenters. The Bertz CT molecular complexity index is 875. The highest BCUT2D eigenvalue weighted by Gasteiger charge is 2.07. The molecule has 0 saturated carbocycles. The lowest BCUT2D eigenvalue weighted by atomic mass is 10.1. The van der Waals surface area contributed by atoms with Crippen LogP contribution in [0.15, 0.2) is 66.9 Å². The summed E-state index contributed by atoms with van der Waals surface area (Å²) in [5, 5.41) is 6.12. The van der Waals surface area contributed by atoms with Gasteiger partial charge in [-0.3, -0.25) is 4.79 Å². The largest absolute Gasteiger partial charge is 0.383 e. The highest BCUT2D eigenvalue weighted by atomic mass is 19.1. The second kappa shape index (κ2) is 8.94. The van der Waals surface area contributed by atoms with E-state index in [9.17, 15) is 9.18 Å². The lowest BCUT2D eigenvalue weighted by molar-refractivity contribution is 0.0946. The van der Waals surface area contributed by atoms with Crippen LogP contribution in [-0.2, 0) is 13.0 Å². The zero-order valence-electron chi connectivity index (χ0n) is 15.2. The van der Waals surface area contributed by atoms with Crippen molar-refractivity contribution in [2.45, 2.75) is 19.9 Å². The molecule has 2 N–H and O–H groups in total. The van der Waals surface area contributed by atoms with Crippen LogP contribution in [0, 0.1) is 12.7 Å². The van der Waals surface area contributed by atoms with Gasteiger partial charge in [0.05, 0.1) is 11.9 Å². The van der Waals surface area contributed by atoms with Crippen molar-refractivity contribution >= 4 is 11.6 Å². The van der Waals surface area contributed by atoms with Crippen molar-refractivity contribution in [3.05, 3.63) is 95.1 Å². The Kier molecular flexibility index (Phi) is 6.15. The number of anilines is 1. The number of carbonyl (C=O) groups is 1. The van der Waals surface area contributed by atoms with Gasteiger partial charge in [-0.2, -0.15) is 0 Å². The monoisotopic (exact) mass is 363 g/mol. The molecule has 3 aromatic rings. The maximum absolute atomic E-state index is 12.9. The summed E-state index contributed by atoms with van der Waals surface area (Å²) in [6, 6.07) is 18.0. The molecule has 138 valence electrons. The summed E-state index contributed by atoms with van der Waals surface area (Å²) in [7, 11) is 0. The molecule has 0 aliphatic heterocycles. The van der Waals surface area contributed by atoms with Gasteiger partial charge in [-0.1, -0.05) is 42.0 Å². The number of aryl methyl sites for hydroxylation is 1. The van der Waals surface area contributed by atoms with Gasteiger partial charge in [-0.05, 0) is 48.7 Å². The van der Waals surface area contributed by atoms with E-state index in [1.165, 1.54) is 17.7 Å². The third kappa shape index (κ3) is 5.64. The van der Waals surface area contributed by atoms with Crippen LogP contribution in [0.2, 0.25) is 0 Å². The fourth-order valence-corrected chi connectivity index (χ4v) is 2.61. The van der Waals surface area contributed by atoms with Crippen molar-refractivity contribution in [2.75, 3.05) is 11.9 Å². The van der Waals surface area contributed by atoms with Crippen LogP contribution >= 0.6 is 0 Å². The van der Waals surface area contributed by atoms with Crippen LogP contribution in [0.5, 0.6) is 0 Å². The number of benzene rings is 2. The number of amides is 1. The molecule has 4 nitrogen and oxygen atoms in total. The Hall–Kier alpha value is -3.21. The van der Waals surface area contributed by atoms with Gasteiger partial charge in [-0.15, -0.1) is 0 Å². The first-order chi connectivity index (χ1) is 13.1. The van der Waals surface area contributed by atoms with Crippen molar-refractivity contribution in [1.82, 2.24) is 10.3 Å². The third-order valence-corrected chi connectivity index (χ3v) is 4.23. The van der Waals surface area contributed by atoms with Crippen LogP contribution in [0.1, 0.15) is 27.2 Å². The van der Waals surface area contributed by atoms with Gasteiger partial charge in [0.25, 0.3) is 5.91 Å². The number of pyridine rings is 1. The fourth-order valence-electron chi connectivity index (χ4n) is 2.61. The number of nitrogens with one attached hydrogen (secondary N) is 2. The average molecular weight is 363 g/mol. The van der Waals surface area contributed by atoms with Crippen LogP contribution in [0.4, 0.5) is 10.1 Å². The topological polar surface area (TPSA) is 54.0 Å². The van der Waals surface area contributed by atoms with Crippen LogP contribution in [-0.4, -0.2) is 17.4 Å². The molecule has 0 saturated heterocycles. The Morgan fingerprint density at radius 1 is 0.963 bits per heavy atom. The summed E-state index contributed by atoms with van der Waals surface area (Å²) in [6.45, 7) is 3.20. The molecule has 1 aromatic heterocycles. The number of rotatable bonds is 7. The Labute approximate surface area is 158 Å². The highest BCUT2D eigenvalue weighted by molar-refractivity contribution is 5.92. The van der Waals surface area contributed by atoms with Gasteiger partial charge in [0.2, 0.25) is 0 Å². The van der Waals surface area contributed by atoms with E-state index in [-0.39, 0.29) is 11.7 Å². The summed E-state index contributed by atoms with van der Waals surface area (Å²) >= 11 is 0. The standard InChI is InChI=1S/C22H22FN3O/c1-16-2-4-18(5-3-16)14-26-22(27)21-11-10-20(15-25-21)24-13-12-17-6-8-19(23)9-7-17/h2-11,15,24H,12-14H2,1H3,(H,26,27). The Balaban J connectivity index is 1.46. The maximum Gasteiger partial charge on any atom is 0.270 e. The summed E-state index contributed by atoms with van der Waals surface area (Å²) < 4.78 is 12.9. The average Bonchev–Trinajstić information content (AvgIpc) is 2.69. The molecule has 1 amide bonds. The molecular formula is C22H22FN3O. The lowest BCUT2D eigenvalue weighted by Gasteiger charge is -2.08. The van der Waals surface area contributed by atoms with Crippen molar-refractivity contribution < 1.29 is 9.18 Å². The minimum atomic E-state index is -0.229. The number of carbonyl (C=O) groups excluding carboxylic acids is 1. The second-order valence-electron chi connectivity index (χ2n) is 6.40. The molecule has 0 bridgehead atoms. The minimum absolute atomic E-state index is 0.201. The molecule has 0 aliphatic rings. The minimum Gasteiger partial charge on any atom is -0.383 e. The van der Waals surface area contributed by atoms with Gasteiger partial charge in [0, 0.05) is 13.1 Å². The van der Waals surface area contributed by atoms with E-state index < -0.39 is 0 Å². The first-order valence-electron chi connectivity index (χ1n) is 8.88. The van der Waals surface area contributed by atoms with Crippen LogP contribution < -0.4 is 10.6 Å². The highest BCUT2D eigenvalue weighted by Crippen LogP contribution is 2.09. The maximum atomic E-state index is 12.9. The van der Waals surface area contributed by atoms with E-state index in [0.717, 1.165) is 23.2 Å². The normalized spacial score (nSPS) is 10.4. The molecular weight excluding hydrogens is 341 g/mol. The lowest BCUT2D eigenvalue weighted by Crippen LogP contribution is -2.23. The molecule has 0 aliphatic carbocycles. The molecule has 0 fully saturated rings. The number of halogens is 1. The summed E-state index contributed by atoms with van der Waals surface area (Å²) in [5.74, 6) is -0.430. The van der Waals surface area contributed by atoms with Crippen molar-refractivity contribution in [3.63, 3.8) is 0 Å². The van der Waals surface area contributed by atoms with Gasteiger partial charge >= 0.3 is 0 Å². The Morgan fingerprint density at radius 2 is 1.67 bits per heavy atom. The molecule has 1 heterocycles. The molecule has 5 heteroatoms.